The molecule has 0 atom stereocenters. The summed E-state index contributed by atoms with van der Waals surface area (Å²) in [7, 11) is 0. The lowest BCUT2D eigenvalue weighted by molar-refractivity contribution is -0.147. The molecule has 0 bridgehead atoms. The van der Waals surface area contributed by atoms with Crippen LogP contribution in [-0.2, 0) is 20.7 Å². The Bertz CT molecular complexity index is 783. The number of rotatable bonds is 7. The van der Waals surface area contributed by atoms with Crippen molar-refractivity contribution in [2.45, 2.75) is 39.2 Å². The van der Waals surface area contributed by atoms with Crippen molar-refractivity contribution in [2.24, 2.45) is 0 Å². The van der Waals surface area contributed by atoms with Crippen molar-refractivity contribution in [3.8, 4) is 0 Å². The molecule has 0 radical (unpaired) electrons. The van der Waals surface area contributed by atoms with Crippen LogP contribution in [0.5, 0.6) is 0 Å². The number of nitrogens with one attached hydrogen (secondary N) is 2. The summed E-state index contributed by atoms with van der Waals surface area (Å²) < 4.78 is 4.98. The zero-order valence-electron chi connectivity index (χ0n) is 13.8. The summed E-state index contributed by atoms with van der Waals surface area (Å²) in [5.41, 5.74) is 0.389. The summed E-state index contributed by atoms with van der Waals surface area (Å²) in [5, 5.41) is 3.17. The third-order valence-electron chi connectivity index (χ3n) is 3.27. The van der Waals surface area contributed by atoms with Gasteiger partial charge in [0.1, 0.15) is 5.82 Å². The predicted octanol–water partition coefficient (Wildman–Crippen LogP) is 1.31. The Morgan fingerprint density at radius 3 is 2.75 bits per heavy atom. The highest BCUT2D eigenvalue weighted by molar-refractivity contribution is 5.78. The number of esters is 1. The van der Waals surface area contributed by atoms with Gasteiger partial charge in [-0.2, -0.15) is 0 Å². The van der Waals surface area contributed by atoms with E-state index in [1.165, 1.54) is 0 Å². The quantitative estimate of drug-likeness (QED) is 0.745. The van der Waals surface area contributed by atoms with Crippen molar-refractivity contribution >= 4 is 22.8 Å². The lowest BCUT2D eigenvalue weighted by atomic mass is 10.2. The SMILES string of the molecule is CC(C)OC(=O)CCNC(=O)CCc1nc2ccccc2c(=O)[nH]1. The smallest absolute Gasteiger partial charge is 0.307 e. The molecule has 0 saturated heterocycles. The highest BCUT2D eigenvalue weighted by atomic mass is 16.5. The third-order valence-corrected chi connectivity index (χ3v) is 3.27. The number of hydrogen-bond acceptors (Lipinski definition) is 5. The Balaban J connectivity index is 1.82. The molecule has 2 aromatic rings. The van der Waals surface area contributed by atoms with Gasteiger partial charge < -0.3 is 15.0 Å². The van der Waals surface area contributed by atoms with Gasteiger partial charge in [0, 0.05) is 19.4 Å². The molecule has 2 rings (SSSR count). The average molecular weight is 331 g/mol. The van der Waals surface area contributed by atoms with Crippen LogP contribution in [0.2, 0.25) is 0 Å². The monoisotopic (exact) mass is 331 g/mol. The first-order chi connectivity index (χ1) is 11.5. The predicted molar refractivity (Wildman–Crippen MR) is 89.5 cm³/mol. The van der Waals surface area contributed by atoms with Crippen LogP contribution in [0.1, 0.15) is 32.5 Å². The summed E-state index contributed by atoms with van der Waals surface area (Å²) in [4.78, 5) is 42.1. The fourth-order valence-electron chi connectivity index (χ4n) is 2.20. The van der Waals surface area contributed by atoms with E-state index in [1.54, 1.807) is 32.0 Å². The van der Waals surface area contributed by atoms with Crippen LogP contribution < -0.4 is 10.9 Å². The standard InChI is InChI=1S/C17H21N3O4/c1-11(2)24-16(22)9-10-18-15(21)8-7-14-19-13-6-4-3-5-12(13)17(23)20-14/h3-6,11H,7-10H2,1-2H3,(H,18,21)(H,19,20,23). The summed E-state index contributed by atoms with van der Waals surface area (Å²) in [6.45, 7) is 3.77. The first-order valence-electron chi connectivity index (χ1n) is 7.90. The van der Waals surface area contributed by atoms with Gasteiger partial charge in [-0.25, -0.2) is 4.98 Å². The molecule has 0 aliphatic carbocycles. The van der Waals surface area contributed by atoms with Gasteiger partial charge in [0.15, 0.2) is 0 Å². The minimum atomic E-state index is -0.342. The van der Waals surface area contributed by atoms with Gasteiger partial charge in [0.25, 0.3) is 5.56 Å². The van der Waals surface area contributed by atoms with Gasteiger partial charge >= 0.3 is 5.97 Å². The Morgan fingerprint density at radius 2 is 2.00 bits per heavy atom. The van der Waals surface area contributed by atoms with Crippen LogP contribution in [0, 0.1) is 0 Å². The molecular weight excluding hydrogens is 310 g/mol. The van der Waals surface area contributed by atoms with Gasteiger partial charge in [-0.3, -0.25) is 14.4 Å². The molecule has 1 heterocycles. The molecule has 7 heteroatoms. The Kier molecular flexibility index (Phi) is 6.06. The molecule has 0 fully saturated rings. The van der Waals surface area contributed by atoms with Gasteiger partial charge in [0.05, 0.1) is 23.4 Å². The second-order valence-electron chi connectivity index (χ2n) is 5.67. The van der Waals surface area contributed by atoms with Crippen LogP contribution in [0.4, 0.5) is 0 Å². The second-order valence-corrected chi connectivity index (χ2v) is 5.67. The van der Waals surface area contributed by atoms with Crippen molar-refractivity contribution < 1.29 is 14.3 Å². The first-order valence-corrected chi connectivity index (χ1v) is 7.90. The summed E-state index contributed by atoms with van der Waals surface area (Å²) >= 11 is 0. The second kappa shape index (κ2) is 8.24. The number of amides is 1. The van der Waals surface area contributed by atoms with Gasteiger partial charge in [-0.1, -0.05) is 12.1 Å². The highest BCUT2D eigenvalue weighted by Gasteiger charge is 2.09. The number of carbonyl (C=O) groups is 2. The van der Waals surface area contributed by atoms with E-state index in [1.807, 2.05) is 6.07 Å². The molecular formula is C17H21N3O4. The van der Waals surface area contributed by atoms with Crippen molar-refractivity contribution in [3.05, 3.63) is 40.4 Å². The normalized spacial score (nSPS) is 10.8. The zero-order chi connectivity index (χ0) is 17.5. The van der Waals surface area contributed by atoms with Crippen LogP contribution in [0.15, 0.2) is 29.1 Å². The molecule has 0 aliphatic heterocycles. The highest BCUT2D eigenvalue weighted by Crippen LogP contribution is 2.06. The molecule has 1 aromatic carbocycles. The molecule has 0 spiro atoms. The summed E-state index contributed by atoms with van der Waals surface area (Å²) in [6.07, 6.45) is 0.474. The minimum Gasteiger partial charge on any atom is -0.463 e. The third kappa shape index (κ3) is 5.19. The van der Waals surface area contributed by atoms with Crippen molar-refractivity contribution in [1.29, 1.82) is 0 Å². The van der Waals surface area contributed by atoms with E-state index in [2.05, 4.69) is 15.3 Å². The molecule has 7 nitrogen and oxygen atoms in total. The lowest BCUT2D eigenvalue weighted by Crippen LogP contribution is -2.27. The number of carbonyl (C=O) groups excluding carboxylic acids is 2. The average Bonchev–Trinajstić information content (AvgIpc) is 2.52. The lowest BCUT2D eigenvalue weighted by Gasteiger charge is -2.08. The van der Waals surface area contributed by atoms with Crippen LogP contribution in [0.25, 0.3) is 10.9 Å². The molecule has 1 amide bonds. The number of aryl methyl sites for hydroxylation is 1. The number of para-hydroxylation sites is 1. The Hall–Kier alpha value is -2.70. The molecule has 2 N–H and O–H groups in total. The van der Waals surface area contributed by atoms with Crippen LogP contribution >= 0.6 is 0 Å². The minimum absolute atomic E-state index is 0.134. The van der Waals surface area contributed by atoms with E-state index in [0.29, 0.717) is 23.1 Å². The maximum atomic E-state index is 11.9. The number of fused-ring (bicyclic) bond motifs is 1. The van der Waals surface area contributed by atoms with Gasteiger partial charge in [0.2, 0.25) is 5.91 Å². The van der Waals surface area contributed by atoms with Crippen molar-refractivity contribution in [3.63, 3.8) is 0 Å². The molecule has 1 aromatic heterocycles. The Labute approximate surface area is 139 Å². The fraction of sp³-hybridized carbons (Fsp3) is 0.412. The molecule has 0 saturated carbocycles. The molecule has 0 aliphatic rings. The topological polar surface area (TPSA) is 101 Å². The van der Waals surface area contributed by atoms with Crippen LogP contribution in [0.3, 0.4) is 0 Å². The Morgan fingerprint density at radius 1 is 1.25 bits per heavy atom. The summed E-state index contributed by atoms with van der Waals surface area (Å²) in [5.74, 6) is -0.0814. The van der Waals surface area contributed by atoms with E-state index in [4.69, 9.17) is 4.74 Å². The van der Waals surface area contributed by atoms with E-state index in [9.17, 15) is 14.4 Å². The summed E-state index contributed by atoms with van der Waals surface area (Å²) in [6, 6.07) is 7.04. The largest absolute Gasteiger partial charge is 0.463 e. The first kappa shape index (κ1) is 17.7. The number of ether oxygens (including phenoxy) is 1. The van der Waals surface area contributed by atoms with E-state index in [-0.39, 0.29) is 42.9 Å². The van der Waals surface area contributed by atoms with E-state index in [0.717, 1.165) is 0 Å². The fourth-order valence-corrected chi connectivity index (χ4v) is 2.20. The van der Waals surface area contributed by atoms with Crippen molar-refractivity contribution in [1.82, 2.24) is 15.3 Å². The number of benzene rings is 1. The van der Waals surface area contributed by atoms with Gasteiger partial charge in [-0.15, -0.1) is 0 Å². The van der Waals surface area contributed by atoms with E-state index >= 15 is 0 Å². The maximum Gasteiger partial charge on any atom is 0.307 e. The number of H-pyrrole nitrogens is 1. The molecule has 24 heavy (non-hydrogen) atoms. The van der Waals surface area contributed by atoms with Crippen LogP contribution in [-0.4, -0.2) is 34.5 Å². The van der Waals surface area contributed by atoms with E-state index < -0.39 is 0 Å². The van der Waals surface area contributed by atoms with Crippen molar-refractivity contribution in [2.75, 3.05) is 6.54 Å². The number of nitrogens with zero attached hydrogens (tertiary/aromatic N) is 1. The molecule has 128 valence electrons. The number of aromatic nitrogens is 2. The zero-order valence-corrected chi connectivity index (χ0v) is 13.8. The number of aromatic amines is 1. The van der Waals surface area contributed by atoms with Gasteiger partial charge in [-0.05, 0) is 26.0 Å². The molecule has 0 unspecified atom stereocenters. The maximum absolute atomic E-state index is 11.9. The number of hydrogen-bond donors (Lipinski definition) is 2.